The zero-order chi connectivity index (χ0) is 26.8. The maximum atomic E-state index is 13.7. The zero-order valence-electron chi connectivity index (χ0n) is 20.7. The normalized spacial score (nSPS) is 11.7. The van der Waals surface area contributed by atoms with Crippen LogP contribution in [0.3, 0.4) is 0 Å². The number of benzene rings is 5. The summed E-state index contributed by atoms with van der Waals surface area (Å²) >= 11 is 0. The number of imidazole rings is 1. The summed E-state index contributed by atoms with van der Waals surface area (Å²) < 4.78 is 35.0. The van der Waals surface area contributed by atoms with Gasteiger partial charge in [-0.05, 0) is 77.0 Å². The molecule has 0 atom stereocenters. The first-order valence-corrected chi connectivity index (χ1v) is 12.4. The van der Waals surface area contributed by atoms with Crippen LogP contribution in [0.15, 0.2) is 115 Å². The molecule has 0 saturated heterocycles. The number of halogens is 2. The third kappa shape index (κ3) is 5.05. The van der Waals surface area contributed by atoms with E-state index >= 15 is 0 Å². The third-order valence-electron chi connectivity index (χ3n) is 6.56. The predicted molar refractivity (Wildman–Crippen MR) is 149 cm³/mol. The molecular weight excluding hydrogens is 494 g/mol. The Morgan fingerprint density at radius 3 is 2.15 bits per heavy atom. The molecule has 1 heterocycles. The van der Waals surface area contributed by atoms with Gasteiger partial charge in [0.2, 0.25) is 0 Å². The Morgan fingerprint density at radius 1 is 0.744 bits per heavy atom. The number of ether oxygens (including phenoxy) is 1. The van der Waals surface area contributed by atoms with Crippen molar-refractivity contribution in [2.45, 2.75) is 6.54 Å². The van der Waals surface area contributed by atoms with Crippen molar-refractivity contribution in [1.82, 2.24) is 9.55 Å². The Bertz CT molecular complexity index is 1830. The van der Waals surface area contributed by atoms with Crippen molar-refractivity contribution in [1.29, 1.82) is 0 Å². The van der Waals surface area contributed by atoms with Crippen LogP contribution in [0.1, 0.15) is 27.3 Å². The van der Waals surface area contributed by atoms with E-state index in [0.717, 1.165) is 27.4 Å². The van der Waals surface area contributed by atoms with E-state index in [9.17, 15) is 13.6 Å². The lowest BCUT2D eigenvalue weighted by atomic mass is 10.0. The first kappa shape index (κ1) is 24.2. The van der Waals surface area contributed by atoms with E-state index in [1.165, 1.54) is 48.5 Å². The summed E-state index contributed by atoms with van der Waals surface area (Å²) in [5.74, 6) is -0.773. The molecule has 190 valence electrons. The maximum absolute atomic E-state index is 13.7. The second-order valence-corrected chi connectivity index (χ2v) is 9.10. The fourth-order valence-electron chi connectivity index (χ4n) is 4.62. The fourth-order valence-corrected chi connectivity index (χ4v) is 4.62. The zero-order valence-corrected chi connectivity index (χ0v) is 20.7. The number of para-hydroxylation sites is 2. The van der Waals surface area contributed by atoms with E-state index in [0.29, 0.717) is 17.9 Å². The summed E-state index contributed by atoms with van der Waals surface area (Å²) in [7, 11) is 0. The number of aromatic nitrogens is 2. The van der Waals surface area contributed by atoms with Gasteiger partial charge in [-0.2, -0.15) is 0 Å². The highest BCUT2D eigenvalue weighted by atomic mass is 19.1. The van der Waals surface area contributed by atoms with Crippen LogP contribution >= 0.6 is 0 Å². The highest BCUT2D eigenvalue weighted by molar-refractivity contribution is 5.95. The average Bonchev–Trinajstić information content (AvgIpc) is 3.30. The molecule has 0 aliphatic rings. The minimum absolute atomic E-state index is 0.189. The van der Waals surface area contributed by atoms with Crippen LogP contribution in [0.25, 0.3) is 33.6 Å². The molecule has 0 spiro atoms. The van der Waals surface area contributed by atoms with Gasteiger partial charge in [-0.1, -0.05) is 54.6 Å². The monoisotopic (exact) mass is 516 g/mol. The SMILES string of the molecule is O=C(O/C(=C/c1nc2ccccc2n1Cc1cccc2ccccc12)c1ccc(F)cc1)c1ccc(F)cc1. The van der Waals surface area contributed by atoms with Gasteiger partial charge in [0, 0.05) is 11.6 Å². The van der Waals surface area contributed by atoms with Gasteiger partial charge in [0.15, 0.2) is 0 Å². The Hall–Kier alpha value is -5.10. The highest BCUT2D eigenvalue weighted by Gasteiger charge is 2.17. The van der Waals surface area contributed by atoms with Gasteiger partial charge < -0.3 is 9.30 Å². The summed E-state index contributed by atoms with van der Waals surface area (Å²) in [6.45, 7) is 0.524. The standard InChI is InChI=1S/C33H22F2N2O2/c34-26-16-12-23(13-17-26)31(39-33(38)24-14-18-27(35)19-15-24)20-32-36-29-10-3-4-11-30(29)37(32)21-25-8-5-7-22-6-1-2-9-28(22)25/h1-20H,21H2/b31-20+. The van der Waals surface area contributed by atoms with Gasteiger partial charge >= 0.3 is 5.97 Å². The summed E-state index contributed by atoms with van der Waals surface area (Å²) in [4.78, 5) is 17.8. The number of nitrogens with zero attached hydrogens (tertiary/aromatic N) is 2. The van der Waals surface area contributed by atoms with E-state index in [4.69, 9.17) is 9.72 Å². The van der Waals surface area contributed by atoms with E-state index in [1.54, 1.807) is 6.08 Å². The van der Waals surface area contributed by atoms with Crippen LogP contribution in [0.5, 0.6) is 0 Å². The summed E-state index contributed by atoms with van der Waals surface area (Å²) in [6, 6.07) is 32.9. The number of carbonyl (C=O) groups excluding carboxylic acids is 1. The van der Waals surface area contributed by atoms with Gasteiger partial charge in [-0.25, -0.2) is 18.6 Å². The Morgan fingerprint density at radius 2 is 1.38 bits per heavy atom. The van der Waals surface area contributed by atoms with Crippen molar-refractivity contribution in [3.05, 3.63) is 149 Å². The lowest BCUT2D eigenvalue weighted by molar-refractivity contribution is 0.0693. The van der Waals surface area contributed by atoms with Gasteiger partial charge in [-0.3, -0.25) is 0 Å². The first-order chi connectivity index (χ1) is 19.0. The maximum Gasteiger partial charge on any atom is 0.343 e. The van der Waals surface area contributed by atoms with Gasteiger partial charge in [0.25, 0.3) is 0 Å². The molecule has 0 amide bonds. The second-order valence-electron chi connectivity index (χ2n) is 9.10. The number of carbonyl (C=O) groups is 1. The molecule has 39 heavy (non-hydrogen) atoms. The van der Waals surface area contributed by atoms with Crippen molar-refractivity contribution in [2.24, 2.45) is 0 Å². The van der Waals surface area contributed by atoms with E-state index in [-0.39, 0.29) is 11.3 Å². The van der Waals surface area contributed by atoms with E-state index < -0.39 is 17.6 Å². The number of rotatable bonds is 6. The van der Waals surface area contributed by atoms with E-state index in [1.807, 2.05) is 42.5 Å². The van der Waals surface area contributed by atoms with Crippen molar-refractivity contribution < 1.29 is 18.3 Å². The molecule has 0 aliphatic heterocycles. The third-order valence-corrected chi connectivity index (χ3v) is 6.56. The van der Waals surface area contributed by atoms with Crippen LogP contribution in [0, 0.1) is 11.6 Å². The Labute approximate surface area is 223 Å². The molecule has 0 N–H and O–H groups in total. The molecule has 0 saturated carbocycles. The molecule has 6 aromatic rings. The predicted octanol–water partition coefficient (Wildman–Crippen LogP) is 7.87. The van der Waals surface area contributed by atoms with Crippen molar-refractivity contribution >= 4 is 39.6 Å². The molecular formula is C33H22F2N2O2. The quantitative estimate of drug-likeness (QED) is 0.167. The number of hydrogen-bond acceptors (Lipinski definition) is 3. The second kappa shape index (κ2) is 10.3. The van der Waals surface area contributed by atoms with Gasteiger partial charge in [0.05, 0.1) is 23.1 Å². The molecule has 0 fully saturated rings. The van der Waals surface area contributed by atoms with Crippen LogP contribution in [-0.2, 0) is 11.3 Å². The van der Waals surface area contributed by atoms with E-state index in [2.05, 4.69) is 28.8 Å². The number of fused-ring (bicyclic) bond motifs is 2. The van der Waals surface area contributed by atoms with Gasteiger partial charge in [-0.15, -0.1) is 0 Å². The van der Waals surface area contributed by atoms with Crippen LogP contribution in [0.2, 0.25) is 0 Å². The molecule has 1 aromatic heterocycles. The molecule has 0 radical (unpaired) electrons. The molecule has 0 unspecified atom stereocenters. The summed E-state index contributed by atoms with van der Waals surface area (Å²) in [5.41, 5.74) is 3.49. The Balaban J connectivity index is 1.47. The Kier molecular flexibility index (Phi) is 6.43. The van der Waals surface area contributed by atoms with Crippen molar-refractivity contribution in [2.75, 3.05) is 0 Å². The molecule has 5 aromatic carbocycles. The molecule has 0 aliphatic carbocycles. The average molecular weight is 517 g/mol. The lowest BCUT2D eigenvalue weighted by Crippen LogP contribution is -2.07. The molecule has 6 rings (SSSR count). The largest absolute Gasteiger partial charge is 0.422 e. The van der Waals surface area contributed by atoms with Crippen LogP contribution < -0.4 is 0 Å². The topological polar surface area (TPSA) is 44.1 Å². The van der Waals surface area contributed by atoms with Crippen molar-refractivity contribution in [3.8, 4) is 0 Å². The van der Waals surface area contributed by atoms with Crippen LogP contribution in [-0.4, -0.2) is 15.5 Å². The highest BCUT2D eigenvalue weighted by Crippen LogP contribution is 2.27. The molecule has 4 nitrogen and oxygen atoms in total. The summed E-state index contributed by atoms with van der Waals surface area (Å²) in [5, 5.41) is 2.27. The number of hydrogen-bond donors (Lipinski definition) is 0. The minimum atomic E-state index is -0.665. The molecule has 6 heteroatoms. The minimum Gasteiger partial charge on any atom is -0.422 e. The van der Waals surface area contributed by atoms with Crippen LogP contribution in [0.4, 0.5) is 8.78 Å². The fraction of sp³-hybridized carbons (Fsp3) is 0.0303. The smallest absolute Gasteiger partial charge is 0.343 e. The first-order valence-electron chi connectivity index (χ1n) is 12.4. The van der Waals surface area contributed by atoms with Crippen molar-refractivity contribution in [3.63, 3.8) is 0 Å². The number of esters is 1. The molecule has 0 bridgehead atoms. The van der Waals surface area contributed by atoms with Gasteiger partial charge in [0.1, 0.15) is 23.2 Å². The summed E-state index contributed by atoms with van der Waals surface area (Å²) in [6.07, 6.45) is 1.68. The lowest BCUT2D eigenvalue weighted by Gasteiger charge is -2.13.